The Hall–Kier alpha value is -4.85. The van der Waals surface area contributed by atoms with Crippen LogP contribution in [-0.2, 0) is 6.54 Å². The highest BCUT2D eigenvalue weighted by molar-refractivity contribution is 5.89. The van der Waals surface area contributed by atoms with E-state index in [2.05, 4.69) is 20.4 Å². The van der Waals surface area contributed by atoms with Gasteiger partial charge in [-0.2, -0.15) is 4.80 Å². The molecule has 8 nitrogen and oxygen atoms in total. The van der Waals surface area contributed by atoms with Crippen molar-refractivity contribution in [2.24, 2.45) is 0 Å². The maximum atomic E-state index is 11.5. The lowest BCUT2D eigenvalue weighted by atomic mass is 10.1. The fraction of sp³-hybridized carbons (Fsp3) is 0.0741. The van der Waals surface area contributed by atoms with Gasteiger partial charge in [-0.1, -0.05) is 54.6 Å². The molecule has 2 heterocycles. The topological polar surface area (TPSA) is 103 Å². The van der Waals surface area contributed by atoms with Crippen LogP contribution < -0.4 is 4.74 Å². The summed E-state index contributed by atoms with van der Waals surface area (Å²) in [6.07, 6.45) is 3.89. The summed E-state index contributed by atoms with van der Waals surface area (Å²) < 4.78 is 5.59. The number of carbonyl (C=O) groups is 1. The van der Waals surface area contributed by atoms with E-state index in [4.69, 9.17) is 4.74 Å². The second kappa shape index (κ2) is 9.56. The number of fused-ring (bicyclic) bond motifs is 1. The highest BCUT2D eigenvalue weighted by Crippen LogP contribution is 2.27. The first kappa shape index (κ1) is 22.0. The molecule has 172 valence electrons. The summed E-state index contributed by atoms with van der Waals surface area (Å²) in [5, 5.41) is 23.1. The number of tetrazole rings is 1. The van der Waals surface area contributed by atoms with Crippen LogP contribution in [0.15, 0.2) is 78.9 Å². The van der Waals surface area contributed by atoms with E-state index < -0.39 is 5.97 Å². The molecule has 0 bridgehead atoms. The number of carboxylic acid groups (broad SMARTS) is 1. The zero-order valence-electron chi connectivity index (χ0n) is 18.9. The number of nitrogens with zero attached hydrogens (tertiary/aromatic N) is 5. The SMILES string of the molecule is COc1cc(-c2nnn(Cc3ccccc3C(=O)O)n2)ccc1C=Cc1ccc2ccccc2n1. The number of ether oxygens (including phenoxy) is 1. The molecule has 35 heavy (non-hydrogen) atoms. The van der Waals surface area contributed by atoms with Gasteiger partial charge in [0.2, 0.25) is 5.82 Å². The van der Waals surface area contributed by atoms with Gasteiger partial charge >= 0.3 is 5.97 Å². The van der Waals surface area contributed by atoms with Crippen LogP contribution in [0.1, 0.15) is 27.2 Å². The summed E-state index contributed by atoms with van der Waals surface area (Å²) in [7, 11) is 1.61. The van der Waals surface area contributed by atoms with Crippen LogP contribution in [0.4, 0.5) is 0 Å². The summed E-state index contributed by atoms with van der Waals surface area (Å²) in [6.45, 7) is 0.201. The molecule has 0 radical (unpaired) electrons. The van der Waals surface area contributed by atoms with Gasteiger partial charge in [-0.05, 0) is 47.2 Å². The second-order valence-corrected chi connectivity index (χ2v) is 7.82. The molecule has 0 amide bonds. The van der Waals surface area contributed by atoms with Crippen molar-refractivity contribution in [1.29, 1.82) is 0 Å². The maximum Gasteiger partial charge on any atom is 0.336 e. The Balaban J connectivity index is 1.37. The first-order chi connectivity index (χ1) is 17.1. The highest BCUT2D eigenvalue weighted by atomic mass is 16.5. The smallest absolute Gasteiger partial charge is 0.336 e. The van der Waals surface area contributed by atoms with Gasteiger partial charge in [-0.15, -0.1) is 10.2 Å². The van der Waals surface area contributed by atoms with Crippen molar-refractivity contribution in [1.82, 2.24) is 25.2 Å². The molecule has 8 heteroatoms. The molecule has 0 saturated carbocycles. The third-order valence-electron chi connectivity index (χ3n) is 5.56. The summed E-state index contributed by atoms with van der Waals surface area (Å²) >= 11 is 0. The zero-order valence-corrected chi connectivity index (χ0v) is 18.9. The molecule has 5 aromatic rings. The van der Waals surface area contributed by atoms with E-state index in [0.717, 1.165) is 27.7 Å². The van der Waals surface area contributed by atoms with Gasteiger partial charge in [0.05, 0.1) is 30.4 Å². The van der Waals surface area contributed by atoms with Crippen LogP contribution in [0.25, 0.3) is 34.4 Å². The van der Waals surface area contributed by atoms with Gasteiger partial charge in [0, 0.05) is 16.5 Å². The van der Waals surface area contributed by atoms with Gasteiger partial charge in [0.15, 0.2) is 0 Å². The minimum Gasteiger partial charge on any atom is -0.496 e. The van der Waals surface area contributed by atoms with Gasteiger partial charge in [0.25, 0.3) is 0 Å². The summed E-state index contributed by atoms with van der Waals surface area (Å²) in [6, 6.07) is 24.4. The van der Waals surface area contributed by atoms with E-state index >= 15 is 0 Å². The standard InChI is InChI=1S/C27H21N5O3/c1-35-25-16-20(26-29-31-32(30-26)17-21-7-2-4-8-23(21)27(33)34)11-10-19(25)13-15-22-14-12-18-6-3-5-9-24(18)28-22/h2-16H,17H2,1H3,(H,33,34). The van der Waals surface area contributed by atoms with Crippen LogP contribution in [0.3, 0.4) is 0 Å². The first-order valence-corrected chi connectivity index (χ1v) is 10.9. The van der Waals surface area contributed by atoms with E-state index in [1.807, 2.05) is 66.7 Å². The molecule has 1 N–H and O–H groups in total. The Morgan fingerprint density at radius 2 is 1.83 bits per heavy atom. The monoisotopic (exact) mass is 463 g/mol. The fourth-order valence-electron chi connectivity index (χ4n) is 3.78. The average Bonchev–Trinajstić information content (AvgIpc) is 3.36. The van der Waals surface area contributed by atoms with Gasteiger partial charge < -0.3 is 9.84 Å². The molecule has 0 fully saturated rings. The summed E-state index contributed by atoms with van der Waals surface area (Å²) in [5.41, 5.74) is 4.22. The Labute approximate surface area is 201 Å². The first-order valence-electron chi connectivity index (χ1n) is 10.9. The molecule has 0 unspecified atom stereocenters. The van der Waals surface area contributed by atoms with Crippen LogP contribution in [0.5, 0.6) is 5.75 Å². The molecule has 3 aromatic carbocycles. The van der Waals surface area contributed by atoms with Crippen LogP contribution in [0, 0.1) is 0 Å². The Kier molecular flexibility index (Phi) is 6.00. The van der Waals surface area contributed by atoms with Gasteiger partial charge in [-0.3, -0.25) is 0 Å². The molecule has 0 aliphatic rings. The van der Waals surface area contributed by atoms with Gasteiger partial charge in [0.1, 0.15) is 5.75 Å². The maximum absolute atomic E-state index is 11.5. The molecule has 0 aliphatic carbocycles. The second-order valence-electron chi connectivity index (χ2n) is 7.82. The predicted octanol–water partition coefficient (Wildman–Crippen LogP) is 4.81. The van der Waals surface area contributed by atoms with Crippen molar-refractivity contribution >= 4 is 29.0 Å². The van der Waals surface area contributed by atoms with E-state index in [0.29, 0.717) is 17.1 Å². The molecular formula is C27H21N5O3. The molecule has 2 aromatic heterocycles. The predicted molar refractivity (Wildman–Crippen MR) is 133 cm³/mol. The largest absolute Gasteiger partial charge is 0.496 e. The molecular weight excluding hydrogens is 442 g/mol. The van der Waals surface area contributed by atoms with Crippen molar-refractivity contribution in [3.63, 3.8) is 0 Å². The number of aromatic nitrogens is 5. The molecule has 5 rings (SSSR count). The van der Waals surface area contributed by atoms with Crippen molar-refractivity contribution < 1.29 is 14.6 Å². The number of hydrogen-bond donors (Lipinski definition) is 1. The van der Waals surface area contributed by atoms with Crippen LogP contribution in [0.2, 0.25) is 0 Å². The van der Waals surface area contributed by atoms with E-state index in [1.165, 1.54) is 4.80 Å². The number of methoxy groups -OCH3 is 1. The molecule has 0 atom stereocenters. The van der Waals surface area contributed by atoms with Crippen LogP contribution >= 0.6 is 0 Å². The molecule has 0 saturated heterocycles. The third-order valence-corrected chi connectivity index (χ3v) is 5.56. The van der Waals surface area contributed by atoms with Crippen molar-refractivity contribution in [3.8, 4) is 17.1 Å². The normalized spacial score (nSPS) is 11.2. The van der Waals surface area contributed by atoms with Crippen LogP contribution in [-0.4, -0.2) is 43.4 Å². The number of carboxylic acids is 1. The highest BCUT2D eigenvalue weighted by Gasteiger charge is 2.13. The number of hydrogen-bond acceptors (Lipinski definition) is 6. The Morgan fingerprint density at radius 3 is 2.69 bits per heavy atom. The van der Waals surface area contributed by atoms with Crippen molar-refractivity contribution in [2.45, 2.75) is 6.54 Å². The molecule has 0 spiro atoms. The molecule has 0 aliphatic heterocycles. The summed E-state index contributed by atoms with van der Waals surface area (Å²) in [5.74, 6) is 0.0863. The lowest BCUT2D eigenvalue weighted by Gasteiger charge is -2.06. The number of benzene rings is 3. The number of aromatic carboxylic acids is 1. The van der Waals surface area contributed by atoms with E-state index in [-0.39, 0.29) is 12.1 Å². The van der Waals surface area contributed by atoms with Crippen molar-refractivity contribution in [2.75, 3.05) is 7.11 Å². The minimum absolute atomic E-state index is 0.201. The third kappa shape index (κ3) is 4.77. The lowest BCUT2D eigenvalue weighted by molar-refractivity contribution is 0.0695. The quantitative estimate of drug-likeness (QED) is 0.369. The van der Waals surface area contributed by atoms with Gasteiger partial charge in [-0.25, -0.2) is 9.78 Å². The van der Waals surface area contributed by atoms with Crippen molar-refractivity contribution in [3.05, 3.63) is 101 Å². The summed E-state index contributed by atoms with van der Waals surface area (Å²) in [4.78, 5) is 17.5. The Bertz CT molecular complexity index is 1560. The lowest BCUT2D eigenvalue weighted by Crippen LogP contribution is -2.09. The van der Waals surface area contributed by atoms with E-state index in [1.54, 1.807) is 31.4 Å². The van der Waals surface area contributed by atoms with E-state index in [9.17, 15) is 9.90 Å². The average molecular weight is 463 g/mol. The number of rotatable bonds is 7. The number of para-hydroxylation sites is 1. The Morgan fingerprint density at radius 1 is 1.00 bits per heavy atom. The zero-order chi connectivity index (χ0) is 24.2. The fourth-order valence-corrected chi connectivity index (χ4v) is 3.78. The number of pyridine rings is 1. The minimum atomic E-state index is -0.992.